The van der Waals surface area contributed by atoms with Gasteiger partial charge < -0.3 is 10.4 Å². The summed E-state index contributed by atoms with van der Waals surface area (Å²) in [5.41, 5.74) is 0.675. The number of benzene rings is 1. The third kappa shape index (κ3) is 5.37. The lowest BCUT2D eigenvalue weighted by atomic mass is 10.1. The summed E-state index contributed by atoms with van der Waals surface area (Å²) in [6.07, 6.45) is 2.54. The van der Waals surface area contributed by atoms with Gasteiger partial charge in [0.2, 0.25) is 0 Å². The van der Waals surface area contributed by atoms with Crippen LogP contribution in [-0.4, -0.2) is 29.7 Å². The van der Waals surface area contributed by atoms with E-state index in [9.17, 15) is 5.11 Å². The van der Waals surface area contributed by atoms with Crippen molar-refractivity contribution in [1.29, 1.82) is 0 Å². The highest BCUT2D eigenvalue weighted by Crippen LogP contribution is 2.26. The Morgan fingerprint density at radius 1 is 1.39 bits per heavy atom. The topological polar surface area (TPSA) is 32.3 Å². The number of aliphatic hydroxyl groups is 1. The van der Waals surface area contributed by atoms with E-state index in [2.05, 4.69) is 18.5 Å². The van der Waals surface area contributed by atoms with Crippen LogP contribution in [0.25, 0.3) is 0 Å². The molecule has 18 heavy (non-hydrogen) atoms. The van der Waals surface area contributed by atoms with Crippen molar-refractivity contribution in [2.45, 2.75) is 25.5 Å². The molecule has 2 atom stereocenters. The van der Waals surface area contributed by atoms with Gasteiger partial charge in [-0.3, -0.25) is 0 Å². The van der Waals surface area contributed by atoms with Crippen molar-refractivity contribution in [2.75, 3.05) is 18.6 Å². The van der Waals surface area contributed by atoms with Crippen LogP contribution < -0.4 is 5.32 Å². The SMILES string of the molecule is CSCCC(C)NCC(O)c1cc(Cl)ccc1Cl. The Bertz CT molecular complexity index is 376. The summed E-state index contributed by atoms with van der Waals surface area (Å²) in [6, 6.07) is 5.52. The zero-order chi connectivity index (χ0) is 13.5. The van der Waals surface area contributed by atoms with Gasteiger partial charge in [0.25, 0.3) is 0 Å². The average molecular weight is 308 g/mol. The van der Waals surface area contributed by atoms with Crippen molar-refractivity contribution in [3.63, 3.8) is 0 Å². The van der Waals surface area contributed by atoms with Crippen molar-refractivity contribution >= 4 is 35.0 Å². The monoisotopic (exact) mass is 307 g/mol. The van der Waals surface area contributed by atoms with Crippen LogP contribution in [0.1, 0.15) is 25.0 Å². The molecule has 2 N–H and O–H groups in total. The van der Waals surface area contributed by atoms with E-state index < -0.39 is 6.10 Å². The lowest BCUT2D eigenvalue weighted by molar-refractivity contribution is 0.170. The molecule has 0 aliphatic heterocycles. The predicted molar refractivity (Wildman–Crippen MR) is 81.9 cm³/mol. The van der Waals surface area contributed by atoms with Gasteiger partial charge in [-0.1, -0.05) is 23.2 Å². The Balaban J connectivity index is 2.49. The Kier molecular flexibility index (Phi) is 7.42. The Morgan fingerprint density at radius 2 is 2.11 bits per heavy atom. The second-order valence-electron chi connectivity index (χ2n) is 4.27. The van der Waals surface area contributed by atoms with E-state index in [1.54, 1.807) is 18.2 Å². The van der Waals surface area contributed by atoms with Crippen molar-refractivity contribution in [1.82, 2.24) is 5.32 Å². The molecule has 0 aliphatic rings. The molecular weight excluding hydrogens is 289 g/mol. The van der Waals surface area contributed by atoms with Crippen LogP contribution in [-0.2, 0) is 0 Å². The van der Waals surface area contributed by atoms with E-state index in [0.29, 0.717) is 28.2 Å². The standard InChI is InChI=1S/C13H19Cl2NOS/c1-9(5-6-18-2)16-8-13(17)11-7-10(14)3-4-12(11)15/h3-4,7,9,13,16-17H,5-6,8H2,1-2H3. The number of hydrogen-bond acceptors (Lipinski definition) is 3. The molecule has 0 aromatic heterocycles. The summed E-state index contributed by atoms with van der Waals surface area (Å²) in [4.78, 5) is 0. The van der Waals surface area contributed by atoms with Crippen LogP contribution >= 0.6 is 35.0 Å². The second kappa shape index (κ2) is 8.28. The molecule has 0 bridgehead atoms. The van der Waals surface area contributed by atoms with Crippen LogP contribution in [0.2, 0.25) is 10.0 Å². The summed E-state index contributed by atoms with van der Waals surface area (Å²) in [6.45, 7) is 2.60. The second-order valence-corrected chi connectivity index (χ2v) is 6.10. The smallest absolute Gasteiger partial charge is 0.0929 e. The number of thioether (sulfide) groups is 1. The summed E-state index contributed by atoms with van der Waals surface area (Å²) in [7, 11) is 0. The summed E-state index contributed by atoms with van der Waals surface area (Å²) >= 11 is 13.8. The lowest BCUT2D eigenvalue weighted by Crippen LogP contribution is -2.30. The summed E-state index contributed by atoms with van der Waals surface area (Å²) in [5, 5.41) is 14.5. The molecule has 0 fully saturated rings. The Hall–Kier alpha value is 0.0700. The summed E-state index contributed by atoms with van der Waals surface area (Å²) < 4.78 is 0. The molecule has 0 radical (unpaired) electrons. The van der Waals surface area contributed by atoms with Gasteiger partial charge in [0.05, 0.1) is 6.10 Å². The molecule has 0 saturated carbocycles. The van der Waals surface area contributed by atoms with Gasteiger partial charge >= 0.3 is 0 Å². The number of rotatable bonds is 7. The molecule has 102 valence electrons. The first kappa shape index (κ1) is 16.1. The quantitative estimate of drug-likeness (QED) is 0.804. The fourth-order valence-corrected chi connectivity index (χ4v) is 2.60. The van der Waals surface area contributed by atoms with E-state index in [4.69, 9.17) is 23.2 Å². The van der Waals surface area contributed by atoms with Crippen LogP contribution in [0, 0.1) is 0 Å². The van der Waals surface area contributed by atoms with Crippen LogP contribution in [0.15, 0.2) is 18.2 Å². The largest absolute Gasteiger partial charge is 0.387 e. The van der Waals surface area contributed by atoms with Crippen molar-refractivity contribution in [2.24, 2.45) is 0 Å². The van der Waals surface area contributed by atoms with E-state index in [1.807, 2.05) is 11.8 Å². The van der Waals surface area contributed by atoms with Crippen molar-refractivity contribution in [3.8, 4) is 0 Å². The maximum Gasteiger partial charge on any atom is 0.0929 e. The van der Waals surface area contributed by atoms with Gasteiger partial charge in [-0.25, -0.2) is 0 Å². The van der Waals surface area contributed by atoms with Crippen LogP contribution in [0.5, 0.6) is 0 Å². The van der Waals surface area contributed by atoms with Gasteiger partial charge in [0.15, 0.2) is 0 Å². The third-order valence-electron chi connectivity index (χ3n) is 2.73. The minimum atomic E-state index is -0.632. The zero-order valence-corrected chi connectivity index (χ0v) is 12.9. The molecule has 0 spiro atoms. The van der Waals surface area contributed by atoms with Gasteiger partial charge in [-0.2, -0.15) is 11.8 Å². The molecule has 2 unspecified atom stereocenters. The average Bonchev–Trinajstić information content (AvgIpc) is 2.36. The molecule has 0 amide bonds. The van der Waals surface area contributed by atoms with Gasteiger partial charge in [0.1, 0.15) is 0 Å². The highest BCUT2D eigenvalue weighted by Gasteiger charge is 2.13. The lowest BCUT2D eigenvalue weighted by Gasteiger charge is -2.18. The predicted octanol–water partition coefficient (Wildman–Crippen LogP) is 3.76. The summed E-state index contributed by atoms with van der Waals surface area (Å²) in [5.74, 6) is 1.11. The van der Waals surface area contributed by atoms with Gasteiger partial charge in [-0.15, -0.1) is 0 Å². The van der Waals surface area contributed by atoms with Crippen molar-refractivity contribution < 1.29 is 5.11 Å². The van der Waals surface area contributed by atoms with Crippen LogP contribution in [0.4, 0.5) is 0 Å². The number of nitrogens with one attached hydrogen (secondary N) is 1. The molecule has 0 saturated heterocycles. The molecule has 0 heterocycles. The van der Waals surface area contributed by atoms with Crippen molar-refractivity contribution in [3.05, 3.63) is 33.8 Å². The molecule has 1 rings (SSSR count). The first-order valence-corrected chi connectivity index (χ1v) is 8.05. The fourth-order valence-electron chi connectivity index (χ4n) is 1.59. The first-order valence-electron chi connectivity index (χ1n) is 5.90. The number of aliphatic hydroxyl groups excluding tert-OH is 1. The molecule has 0 aliphatic carbocycles. The van der Waals surface area contributed by atoms with Gasteiger partial charge in [-0.05, 0) is 43.6 Å². The normalized spacial score (nSPS) is 14.5. The maximum atomic E-state index is 10.1. The molecular formula is C13H19Cl2NOS. The van der Waals surface area contributed by atoms with Crippen LogP contribution in [0.3, 0.4) is 0 Å². The minimum absolute atomic E-state index is 0.380. The fraction of sp³-hybridized carbons (Fsp3) is 0.538. The molecule has 1 aromatic rings. The highest BCUT2D eigenvalue weighted by atomic mass is 35.5. The zero-order valence-electron chi connectivity index (χ0n) is 10.6. The van der Waals surface area contributed by atoms with Gasteiger partial charge in [0, 0.05) is 28.2 Å². The van der Waals surface area contributed by atoms with E-state index >= 15 is 0 Å². The number of halogens is 2. The molecule has 2 nitrogen and oxygen atoms in total. The maximum absolute atomic E-state index is 10.1. The molecule has 5 heteroatoms. The highest BCUT2D eigenvalue weighted by molar-refractivity contribution is 7.98. The van der Waals surface area contributed by atoms with E-state index in [-0.39, 0.29) is 0 Å². The Labute approximate surface area is 123 Å². The van der Waals surface area contributed by atoms with E-state index in [0.717, 1.165) is 12.2 Å². The minimum Gasteiger partial charge on any atom is -0.387 e. The first-order chi connectivity index (χ1) is 8.54. The van der Waals surface area contributed by atoms with E-state index in [1.165, 1.54) is 0 Å². The molecule has 1 aromatic carbocycles. The Morgan fingerprint density at radius 3 is 2.78 bits per heavy atom. The number of hydrogen-bond donors (Lipinski definition) is 2. The third-order valence-corrected chi connectivity index (χ3v) is 3.95.